The molecule has 1 rings (SSSR count). The van der Waals surface area contributed by atoms with Crippen LogP contribution in [0.15, 0.2) is 4.52 Å². The van der Waals surface area contributed by atoms with Crippen molar-refractivity contribution in [2.45, 2.75) is 66.7 Å². The summed E-state index contributed by atoms with van der Waals surface area (Å²) in [6, 6.07) is 0. The Labute approximate surface area is 122 Å². The minimum absolute atomic E-state index is 0.123. The topological polar surface area (TPSA) is 55.1 Å². The van der Waals surface area contributed by atoms with Crippen molar-refractivity contribution in [1.29, 1.82) is 0 Å². The van der Waals surface area contributed by atoms with Gasteiger partial charge < -0.3 is 9.84 Å². The summed E-state index contributed by atoms with van der Waals surface area (Å²) in [5.41, 5.74) is 1.45. The normalized spacial score (nSPS) is 14.1. The van der Waals surface area contributed by atoms with Crippen molar-refractivity contribution in [3.63, 3.8) is 0 Å². The molecule has 0 aromatic carbocycles. The molecule has 1 heterocycles. The van der Waals surface area contributed by atoms with Gasteiger partial charge in [0.15, 0.2) is 5.69 Å². The van der Waals surface area contributed by atoms with Crippen molar-refractivity contribution in [3.8, 4) is 0 Å². The molecule has 1 N–H and O–H groups in total. The van der Waals surface area contributed by atoms with Gasteiger partial charge in [-0.3, -0.25) is 4.79 Å². The number of aryl methyl sites for hydroxylation is 1. The maximum absolute atomic E-state index is 12.2. The van der Waals surface area contributed by atoms with E-state index in [0.717, 1.165) is 30.6 Å². The number of amides is 1. The van der Waals surface area contributed by atoms with Gasteiger partial charge in [0.05, 0.1) is 0 Å². The van der Waals surface area contributed by atoms with Gasteiger partial charge >= 0.3 is 0 Å². The number of unbranched alkanes of at least 4 members (excludes halogenated alkanes) is 1. The fourth-order valence-electron chi connectivity index (χ4n) is 2.28. The quantitative estimate of drug-likeness (QED) is 0.786. The molecular weight excluding hydrogens is 252 g/mol. The monoisotopic (exact) mass is 280 g/mol. The molecule has 1 atom stereocenters. The number of hydrogen-bond acceptors (Lipinski definition) is 3. The van der Waals surface area contributed by atoms with E-state index in [9.17, 15) is 4.79 Å². The second-order valence-electron chi connectivity index (χ2n) is 5.88. The Balaban J connectivity index is 2.63. The van der Waals surface area contributed by atoms with E-state index in [0.29, 0.717) is 12.2 Å². The molecule has 20 heavy (non-hydrogen) atoms. The number of nitrogens with zero attached hydrogens (tertiary/aromatic N) is 1. The number of carbonyl (C=O) groups is 1. The summed E-state index contributed by atoms with van der Waals surface area (Å²) in [6.07, 6.45) is 5.34. The van der Waals surface area contributed by atoms with Crippen LogP contribution < -0.4 is 5.32 Å². The number of carbonyl (C=O) groups excluding carboxylic acids is 1. The highest BCUT2D eigenvalue weighted by Gasteiger charge is 2.24. The van der Waals surface area contributed by atoms with E-state index < -0.39 is 0 Å². The summed E-state index contributed by atoms with van der Waals surface area (Å²) in [4.78, 5) is 12.2. The number of hydrogen-bond donors (Lipinski definition) is 1. The van der Waals surface area contributed by atoms with Gasteiger partial charge in [-0.25, -0.2) is 0 Å². The first-order valence-corrected chi connectivity index (χ1v) is 7.70. The van der Waals surface area contributed by atoms with Gasteiger partial charge in [-0.15, -0.1) is 0 Å². The number of nitrogens with one attached hydrogen (secondary N) is 1. The standard InChI is InChI=1S/C16H28N2O2/c1-6-9-10-16(5,8-3)11-17-15(19)14-12(4)13(7-2)20-18-14/h6-11H2,1-5H3,(H,17,19). The van der Waals surface area contributed by atoms with E-state index in [2.05, 4.69) is 31.2 Å². The molecular formula is C16H28N2O2. The Morgan fingerprint density at radius 3 is 2.55 bits per heavy atom. The molecule has 0 aliphatic rings. The summed E-state index contributed by atoms with van der Waals surface area (Å²) in [5, 5.41) is 6.90. The van der Waals surface area contributed by atoms with Crippen molar-refractivity contribution >= 4 is 5.91 Å². The molecule has 4 nitrogen and oxygen atoms in total. The third-order valence-electron chi connectivity index (χ3n) is 4.22. The summed E-state index contributed by atoms with van der Waals surface area (Å²) in [6.45, 7) is 11.2. The van der Waals surface area contributed by atoms with Crippen LogP contribution in [0.25, 0.3) is 0 Å². The van der Waals surface area contributed by atoms with E-state index in [1.807, 2.05) is 13.8 Å². The molecule has 1 aromatic rings. The van der Waals surface area contributed by atoms with Gasteiger partial charge in [-0.2, -0.15) is 0 Å². The van der Waals surface area contributed by atoms with Crippen LogP contribution in [0.1, 0.15) is 75.2 Å². The second kappa shape index (κ2) is 7.46. The van der Waals surface area contributed by atoms with Crippen LogP contribution >= 0.6 is 0 Å². The lowest BCUT2D eigenvalue weighted by molar-refractivity contribution is 0.0919. The van der Waals surface area contributed by atoms with Gasteiger partial charge in [-0.1, -0.05) is 45.7 Å². The highest BCUT2D eigenvalue weighted by atomic mass is 16.5. The zero-order valence-electron chi connectivity index (χ0n) is 13.5. The predicted molar refractivity (Wildman–Crippen MR) is 80.9 cm³/mol. The highest BCUT2D eigenvalue weighted by molar-refractivity contribution is 5.93. The summed E-state index contributed by atoms with van der Waals surface area (Å²) in [7, 11) is 0. The molecule has 0 radical (unpaired) electrons. The average molecular weight is 280 g/mol. The van der Waals surface area contributed by atoms with Crippen LogP contribution in [0.2, 0.25) is 0 Å². The average Bonchev–Trinajstić information content (AvgIpc) is 2.83. The molecule has 0 fully saturated rings. The summed E-state index contributed by atoms with van der Waals surface area (Å²) < 4.78 is 5.18. The van der Waals surface area contributed by atoms with Crippen molar-refractivity contribution in [2.24, 2.45) is 5.41 Å². The molecule has 1 amide bonds. The van der Waals surface area contributed by atoms with Crippen LogP contribution in [-0.4, -0.2) is 17.6 Å². The zero-order chi connectivity index (χ0) is 15.2. The van der Waals surface area contributed by atoms with Gasteiger partial charge in [0, 0.05) is 18.5 Å². The minimum Gasteiger partial charge on any atom is -0.360 e. The van der Waals surface area contributed by atoms with E-state index >= 15 is 0 Å². The molecule has 4 heteroatoms. The van der Waals surface area contributed by atoms with Crippen molar-refractivity contribution in [1.82, 2.24) is 10.5 Å². The maximum Gasteiger partial charge on any atom is 0.273 e. The predicted octanol–water partition coefficient (Wildman–Crippen LogP) is 3.88. The van der Waals surface area contributed by atoms with Crippen LogP contribution in [0, 0.1) is 12.3 Å². The third-order valence-corrected chi connectivity index (χ3v) is 4.22. The zero-order valence-corrected chi connectivity index (χ0v) is 13.5. The highest BCUT2D eigenvalue weighted by Crippen LogP contribution is 2.27. The molecule has 0 saturated heterocycles. The van der Waals surface area contributed by atoms with Crippen molar-refractivity contribution in [2.75, 3.05) is 6.54 Å². The van der Waals surface area contributed by atoms with Crippen LogP contribution in [-0.2, 0) is 6.42 Å². The second-order valence-corrected chi connectivity index (χ2v) is 5.88. The first-order valence-electron chi connectivity index (χ1n) is 7.70. The van der Waals surface area contributed by atoms with E-state index in [1.54, 1.807) is 0 Å². The van der Waals surface area contributed by atoms with Crippen LogP contribution in [0.5, 0.6) is 0 Å². The van der Waals surface area contributed by atoms with E-state index in [-0.39, 0.29) is 11.3 Å². The molecule has 0 spiro atoms. The number of rotatable bonds is 8. The van der Waals surface area contributed by atoms with Gasteiger partial charge in [-0.05, 0) is 25.2 Å². The molecule has 0 aliphatic carbocycles. The molecule has 0 bridgehead atoms. The molecule has 0 aliphatic heterocycles. The lowest BCUT2D eigenvalue weighted by Gasteiger charge is -2.28. The smallest absolute Gasteiger partial charge is 0.273 e. The Hall–Kier alpha value is -1.32. The fourth-order valence-corrected chi connectivity index (χ4v) is 2.28. The molecule has 114 valence electrons. The van der Waals surface area contributed by atoms with Gasteiger partial charge in [0.2, 0.25) is 0 Å². The van der Waals surface area contributed by atoms with Gasteiger partial charge in [0.1, 0.15) is 5.76 Å². The number of aromatic nitrogens is 1. The Morgan fingerprint density at radius 2 is 2.05 bits per heavy atom. The molecule has 0 saturated carbocycles. The maximum atomic E-state index is 12.2. The van der Waals surface area contributed by atoms with Crippen LogP contribution in [0.3, 0.4) is 0 Å². The van der Waals surface area contributed by atoms with E-state index in [4.69, 9.17) is 4.52 Å². The third kappa shape index (κ3) is 4.09. The first kappa shape index (κ1) is 16.7. The first-order chi connectivity index (χ1) is 9.47. The van der Waals surface area contributed by atoms with Crippen LogP contribution in [0.4, 0.5) is 0 Å². The SMILES string of the molecule is CCCCC(C)(CC)CNC(=O)c1noc(CC)c1C. The molecule has 1 aromatic heterocycles. The van der Waals surface area contributed by atoms with Crippen molar-refractivity contribution in [3.05, 3.63) is 17.0 Å². The lowest BCUT2D eigenvalue weighted by Crippen LogP contribution is -2.35. The lowest BCUT2D eigenvalue weighted by atomic mass is 9.82. The van der Waals surface area contributed by atoms with Crippen molar-refractivity contribution < 1.29 is 9.32 Å². The molecule has 1 unspecified atom stereocenters. The summed E-state index contributed by atoms with van der Waals surface area (Å²) >= 11 is 0. The van der Waals surface area contributed by atoms with Gasteiger partial charge in [0.25, 0.3) is 5.91 Å². The van der Waals surface area contributed by atoms with E-state index in [1.165, 1.54) is 12.8 Å². The Kier molecular flexibility index (Phi) is 6.24. The Bertz CT molecular complexity index is 440. The largest absolute Gasteiger partial charge is 0.360 e. The summed E-state index contributed by atoms with van der Waals surface area (Å²) in [5.74, 6) is 0.668. The fraction of sp³-hybridized carbons (Fsp3) is 0.750. The Morgan fingerprint density at radius 1 is 1.35 bits per heavy atom. The minimum atomic E-state index is -0.123.